The number of carbonyl (C=O) groups excluding carboxylic acids is 1. The maximum Gasteiger partial charge on any atom is 0.276 e. The van der Waals surface area contributed by atoms with Crippen LogP contribution in [0.15, 0.2) is 24.3 Å². The number of nitrogens with zero attached hydrogens (tertiary/aromatic N) is 4. The molecule has 2 aliphatic heterocycles. The van der Waals surface area contributed by atoms with Crippen molar-refractivity contribution >= 4 is 5.91 Å². The van der Waals surface area contributed by atoms with Gasteiger partial charge in [0, 0.05) is 13.1 Å². The monoisotopic (exact) mass is 371 g/mol. The fourth-order valence-electron chi connectivity index (χ4n) is 4.22. The molecule has 0 radical (unpaired) electrons. The van der Waals surface area contributed by atoms with Crippen molar-refractivity contribution in [2.75, 3.05) is 26.2 Å². The van der Waals surface area contributed by atoms with E-state index >= 15 is 0 Å². The van der Waals surface area contributed by atoms with Crippen molar-refractivity contribution in [3.05, 3.63) is 47.0 Å². The molecule has 1 aromatic heterocycles. The second-order valence-electron chi connectivity index (χ2n) is 7.69. The zero-order valence-electron chi connectivity index (χ0n) is 15.7. The van der Waals surface area contributed by atoms with Crippen LogP contribution in [0, 0.1) is 18.7 Å². The van der Waals surface area contributed by atoms with Crippen LogP contribution in [0.4, 0.5) is 4.39 Å². The maximum absolute atomic E-state index is 13.1. The summed E-state index contributed by atoms with van der Waals surface area (Å²) in [5.74, 6) is 0.169. The third kappa shape index (κ3) is 3.88. The van der Waals surface area contributed by atoms with Gasteiger partial charge in [0.2, 0.25) is 0 Å². The SMILES string of the molecule is Cc1c(C(=O)N2CCC(Cc3ccc(F)cc3)C2)nnn1C1CCNCC1. The highest BCUT2D eigenvalue weighted by molar-refractivity contribution is 5.93. The lowest BCUT2D eigenvalue weighted by Gasteiger charge is -2.23. The highest BCUT2D eigenvalue weighted by Crippen LogP contribution is 2.25. The van der Waals surface area contributed by atoms with Crippen LogP contribution in [0.2, 0.25) is 0 Å². The molecule has 0 spiro atoms. The molecule has 1 aromatic carbocycles. The normalized spacial score (nSPS) is 21.0. The largest absolute Gasteiger partial charge is 0.337 e. The van der Waals surface area contributed by atoms with Gasteiger partial charge in [-0.25, -0.2) is 9.07 Å². The zero-order valence-corrected chi connectivity index (χ0v) is 15.7. The first-order chi connectivity index (χ1) is 13.1. The van der Waals surface area contributed by atoms with E-state index in [1.54, 1.807) is 0 Å². The third-order valence-electron chi connectivity index (χ3n) is 5.80. The van der Waals surface area contributed by atoms with Crippen molar-refractivity contribution in [3.63, 3.8) is 0 Å². The molecule has 2 saturated heterocycles. The van der Waals surface area contributed by atoms with E-state index in [-0.39, 0.29) is 11.7 Å². The molecule has 2 fully saturated rings. The summed E-state index contributed by atoms with van der Waals surface area (Å²) in [5.41, 5.74) is 2.47. The van der Waals surface area contributed by atoms with Crippen LogP contribution >= 0.6 is 0 Å². The Hall–Kier alpha value is -2.28. The van der Waals surface area contributed by atoms with Crippen molar-refractivity contribution < 1.29 is 9.18 Å². The Morgan fingerprint density at radius 3 is 2.70 bits per heavy atom. The van der Waals surface area contributed by atoms with Gasteiger partial charge in [-0.1, -0.05) is 17.3 Å². The summed E-state index contributed by atoms with van der Waals surface area (Å²) in [6, 6.07) is 6.97. The Kier molecular flexibility index (Phi) is 5.20. The number of likely N-dealkylation sites (tertiary alicyclic amines) is 1. The topological polar surface area (TPSA) is 63.1 Å². The van der Waals surface area contributed by atoms with Crippen molar-refractivity contribution in [2.24, 2.45) is 5.92 Å². The van der Waals surface area contributed by atoms with E-state index in [4.69, 9.17) is 0 Å². The smallest absolute Gasteiger partial charge is 0.276 e. The molecule has 0 saturated carbocycles. The minimum Gasteiger partial charge on any atom is -0.337 e. The molecule has 7 heteroatoms. The number of benzene rings is 1. The molecule has 1 amide bonds. The third-order valence-corrected chi connectivity index (χ3v) is 5.80. The predicted octanol–water partition coefficient (Wildman–Crippen LogP) is 2.35. The fraction of sp³-hybridized carbons (Fsp3) is 0.550. The number of piperidine rings is 1. The summed E-state index contributed by atoms with van der Waals surface area (Å²) in [6.07, 6.45) is 3.86. The van der Waals surface area contributed by atoms with E-state index in [0.29, 0.717) is 17.7 Å². The first kappa shape index (κ1) is 18.1. The standard InChI is InChI=1S/C20H26FN5O/c1-14-19(23-24-26(14)18-6-9-22-10-7-18)20(27)25-11-8-16(13-25)12-15-2-4-17(21)5-3-15/h2-5,16,18,22H,6-13H2,1H3. The van der Waals surface area contributed by atoms with Crippen molar-refractivity contribution in [2.45, 2.75) is 38.6 Å². The molecule has 27 heavy (non-hydrogen) atoms. The second-order valence-corrected chi connectivity index (χ2v) is 7.69. The summed E-state index contributed by atoms with van der Waals surface area (Å²) in [7, 11) is 0. The maximum atomic E-state index is 13.1. The number of aromatic nitrogens is 3. The summed E-state index contributed by atoms with van der Waals surface area (Å²) in [6.45, 7) is 5.36. The van der Waals surface area contributed by atoms with Crippen LogP contribution in [0.3, 0.4) is 0 Å². The Bertz CT molecular complexity index is 797. The minimum absolute atomic E-state index is 0.0192. The zero-order chi connectivity index (χ0) is 18.8. The van der Waals surface area contributed by atoms with E-state index in [2.05, 4.69) is 15.6 Å². The molecule has 3 heterocycles. The molecule has 1 unspecified atom stereocenters. The molecule has 2 aromatic rings. The molecule has 0 aliphatic carbocycles. The predicted molar refractivity (Wildman–Crippen MR) is 100 cm³/mol. The lowest BCUT2D eigenvalue weighted by Crippen LogP contribution is -2.31. The minimum atomic E-state index is -0.214. The van der Waals surface area contributed by atoms with Gasteiger partial charge in [-0.3, -0.25) is 4.79 Å². The lowest BCUT2D eigenvalue weighted by atomic mass is 9.99. The number of hydrogen-bond donors (Lipinski definition) is 1. The van der Waals surface area contributed by atoms with Gasteiger partial charge in [0.1, 0.15) is 5.82 Å². The molecule has 6 nitrogen and oxygen atoms in total. The number of amides is 1. The molecule has 144 valence electrons. The number of hydrogen-bond acceptors (Lipinski definition) is 4. The van der Waals surface area contributed by atoms with Gasteiger partial charge >= 0.3 is 0 Å². The lowest BCUT2D eigenvalue weighted by molar-refractivity contribution is 0.0780. The number of carbonyl (C=O) groups is 1. The molecule has 1 atom stereocenters. The van der Waals surface area contributed by atoms with Crippen LogP contribution in [-0.4, -0.2) is 52.0 Å². The molecule has 2 aliphatic rings. The van der Waals surface area contributed by atoms with Crippen LogP contribution in [0.25, 0.3) is 0 Å². The Balaban J connectivity index is 1.40. The molecular formula is C20H26FN5O. The van der Waals surface area contributed by atoms with Gasteiger partial charge in [0.15, 0.2) is 5.69 Å². The summed E-state index contributed by atoms with van der Waals surface area (Å²) >= 11 is 0. The number of rotatable bonds is 4. The Morgan fingerprint density at radius 2 is 1.96 bits per heavy atom. The van der Waals surface area contributed by atoms with Crippen molar-refractivity contribution in [1.82, 2.24) is 25.2 Å². The van der Waals surface area contributed by atoms with Gasteiger partial charge in [-0.05, 0) is 69.3 Å². The van der Waals surface area contributed by atoms with Gasteiger partial charge in [0.05, 0.1) is 11.7 Å². The number of halogens is 1. The molecule has 0 bridgehead atoms. The summed E-state index contributed by atoms with van der Waals surface area (Å²) < 4.78 is 15.0. The molecular weight excluding hydrogens is 345 g/mol. The van der Waals surface area contributed by atoms with Gasteiger partial charge < -0.3 is 10.2 Å². The Morgan fingerprint density at radius 1 is 1.22 bits per heavy atom. The summed E-state index contributed by atoms with van der Waals surface area (Å²) in [5, 5.41) is 11.8. The van der Waals surface area contributed by atoms with E-state index in [1.165, 1.54) is 12.1 Å². The highest BCUT2D eigenvalue weighted by Gasteiger charge is 2.31. The van der Waals surface area contributed by atoms with Crippen LogP contribution in [0.5, 0.6) is 0 Å². The van der Waals surface area contributed by atoms with Gasteiger partial charge in [-0.2, -0.15) is 0 Å². The van der Waals surface area contributed by atoms with Crippen molar-refractivity contribution in [3.8, 4) is 0 Å². The van der Waals surface area contributed by atoms with E-state index in [9.17, 15) is 9.18 Å². The number of nitrogens with one attached hydrogen (secondary N) is 1. The first-order valence-corrected chi connectivity index (χ1v) is 9.78. The van der Waals surface area contributed by atoms with Crippen LogP contribution in [0.1, 0.15) is 47.1 Å². The van der Waals surface area contributed by atoms with Crippen molar-refractivity contribution in [1.29, 1.82) is 0 Å². The van der Waals surface area contributed by atoms with Crippen LogP contribution < -0.4 is 5.32 Å². The van der Waals surface area contributed by atoms with Crippen LogP contribution in [-0.2, 0) is 6.42 Å². The first-order valence-electron chi connectivity index (χ1n) is 9.78. The quantitative estimate of drug-likeness (QED) is 0.896. The molecule has 1 N–H and O–H groups in total. The summed E-state index contributed by atoms with van der Waals surface area (Å²) in [4.78, 5) is 14.8. The second kappa shape index (κ2) is 7.76. The van der Waals surface area contributed by atoms with Gasteiger partial charge in [-0.15, -0.1) is 5.10 Å². The van der Waals surface area contributed by atoms with E-state index in [0.717, 1.165) is 63.1 Å². The fourth-order valence-corrected chi connectivity index (χ4v) is 4.22. The highest BCUT2D eigenvalue weighted by atomic mass is 19.1. The van der Waals surface area contributed by atoms with Gasteiger partial charge in [0.25, 0.3) is 5.91 Å². The van der Waals surface area contributed by atoms with E-state index in [1.807, 2.05) is 28.6 Å². The van der Waals surface area contributed by atoms with E-state index < -0.39 is 0 Å². The average Bonchev–Trinajstić information content (AvgIpc) is 3.31. The average molecular weight is 371 g/mol. The Labute approximate surface area is 158 Å². The molecule has 4 rings (SSSR count).